The van der Waals surface area contributed by atoms with E-state index < -0.39 is 0 Å². The summed E-state index contributed by atoms with van der Waals surface area (Å²) < 4.78 is 0. The molecule has 30 heavy (non-hydrogen) atoms. The number of nitrogens with one attached hydrogen (secondary N) is 1. The summed E-state index contributed by atoms with van der Waals surface area (Å²) in [7, 11) is 0. The number of hydrogen-bond acceptors (Lipinski definition) is 3. The zero-order valence-corrected chi connectivity index (χ0v) is 18.2. The van der Waals surface area contributed by atoms with E-state index in [0.29, 0.717) is 0 Å². The second-order valence-corrected chi connectivity index (χ2v) is 8.97. The Hall–Kier alpha value is -2.72. The molecule has 0 spiro atoms. The van der Waals surface area contributed by atoms with E-state index in [0.717, 1.165) is 37.2 Å². The number of fused-ring (bicyclic) bond motifs is 1. The van der Waals surface area contributed by atoms with Gasteiger partial charge < -0.3 is 10.2 Å². The number of hydrogen-bond donors (Lipinski definition) is 1. The first kappa shape index (κ1) is 20.5. The number of rotatable bonds is 7. The fourth-order valence-corrected chi connectivity index (χ4v) is 4.82. The fraction of sp³-hybridized carbons (Fsp3) is 0.269. The molecular formula is C26H28N2OS. The van der Waals surface area contributed by atoms with Gasteiger partial charge >= 0.3 is 0 Å². The summed E-state index contributed by atoms with van der Waals surface area (Å²) in [6, 6.07) is 27.2. The molecule has 0 aliphatic carbocycles. The first-order valence-corrected chi connectivity index (χ1v) is 11.6. The first-order chi connectivity index (χ1) is 14.7. The zero-order chi connectivity index (χ0) is 20.8. The number of amides is 1. The predicted molar refractivity (Wildman–Crippen MR) is 126 cm³/mol. The highest BCUT2D eigenvalue weighted by atomic mass is 32.2. The zero-order valence-electron chi connectivity index (χ0n) is 17.4. The van der Waals surface area contributed by atoms with Crippen LogP contribution in [-0.2, 0) is 13.0 Å². The molecule has 0 fully saturated rings. The monoisotopic (exact) mass is 416 g/mol. The number of nitrogens with zero attached hydrogens (tertiary/aromatic N) is 1. The van der Waals surface area contributed by atoms with Gasteiger partial charge in [-0.2, -0.15) is 0 Å². The number of anilines is 1. The van der Waals surface area contributed by atoms with Gasteiger partial charge in [-0.25, -0.2) is 0 Å². The van der Waals surface area contributed by atoms with E-state index in [9.17, 15) is 4.79 Å². The topological polar surface area (TPSA) is 32.3 Å². The third-order valence-electron chi connectivity index (χ3n) is 5.48. The van der Waals surface area contributed by atoms with Crippen LogP contribution in [0.4, 0.5) is 5.69 Å². The van der Waals surface area contributed by atoms with Gasteiger partial charge in [-0.05, 0) is 49.1 Å². The SMILES string of the molecule is CC(CCc1ccccc1)NC(=O)c1ccc2c(c1)N(Cc1ccccc1)CCS2. The van der Waals surface area contributed by atoms with Crippen molar-refractivity contribution >= 4 is 23.4 Å². The smallest absolute Gasteiger partial charge is 0.251 e. The molecule has 1 N–H and O–H groups in total. The normalized spacial score (nSPS) is 14.1. The quantitative estimate of drug-likeness (QED) is 0.548. The van der Waals surface area contributed by atoms with E-state index in [1.807, 2.05) is 30.0 Å². The minimum Gasteiger partial charge on any atom is -0.365 e. The van der Waals surface area contributed by atoms with Gasteiger partial charge in [-0.15, -0.1) is 11.8 Å². The minimum absolute atomic E-state index is 0.00796. The van der Waals surface area contributed by atoms with Crippen molar-refractivity contribution in [3.05, 3.63) is 95.6 Å². The number of carbonyl (C=O) groups excluding carboxylic acids is 1. The summed E-state index contributed by atoms with van der Waals surface area (Å²) in [5.41, 5.74) is 4.50. The van der Waals surface area contributed by atoms with E-state index in [2.05, 4.69) is 77.8 Å². The fourth-order valence-electron chi connectivity index (χ4n) is 3.79. The van der Waals surface area contributed by atoms with Crippen LogP contribution < -0.4 is 10.2 Å². The minimum atomic E-state index is 0.00796. The molecule has 0 bridgehead atoms. The molecule has 1 atom stereocenters. The van der Waals surface area contributed by atoms with Gasteiger partial charge in [0.2, 0.25) is 0 Å². The number of aryl methyl sites for hydroxylation is 1. The Morgan fingerprint density at radius 1 is 1.00 bits per heavy atom. The van der Waals surface area contributed by atoms with Crippen molar-refractivity contribution in [2.75, 3.05) is 17.2 Å². The van der Waals surface area contributed by atoms with Crippen LogP contribution in [0.5, 0.6) is 0 Å². The van der Waals surface area contributed by atoms with E-state index in [1.165, 1.54) is 21.7 Å². The Labute approximate surface area is 183 Å². The van der Waals surface area contributed by atoms with Crippen LogP contribution >= 0.6 is 11.8 Å². The number of carbonyl (C=O) groups is 1. The molecule has 4 rings (SSSR count). The molecule has 0 radical (unpaired) electrons. The van der Waals surface area contributed by atoms with Gasteiger partial charge in [0.1, 0.15) is 0 Å². The Bertz CT molecular complexity index is 975. The molecule has 1 aliphatic heterocycles. The van der Waals surface area contributed by atoms with Crippen LogP contribution in [0.2, 0.25) is 0 Å². The van der Waals surface area contributed by atoms with Crippen molar-refractivity contribution in [2.24, 2.45) is 0 Å². The maximum absolute atomic E-state index is 12.9. The van der Waals surface area contributed by atoms with Crippen LogP contribution in [-0.4, -0.2) is 24.2 Å². The second kappa shape index (κ2) is 9.86. The van der Waals surface area contributed by atoms with Crippen molar-refractivity contribution < 1.29 is 4.79 Å². The third kappa shape index (κ3) is 5.25. The highest BCUT2D eigenvalue weighted by molar-refractivity contribution is 7.99. The molecule has 1 aliphatic rings. The van der Waals surface area contributed by atoms with Gasteiger partial charge in [0.15, 0.2) is 0 Å². The molecule has 3 nitrogen and oxygen atoms in total. The molecule has 4 heteroatoms. The van der Waals surface area contributed by atoms with Gasteiger partial charge in [0, 0.05) is 35.3 Å². The molecule has 1 heterocycles. The summed E-state index contributed by atoms with van der Waals surface area (Å²) in [5, 5.41) is 3.17. The van der Waals surface area contributed by atoms with Gasteiger partial charge in [-0.1, -0.05) is 60.7 Å². The number of thioether (sulfide) groups is 1. The lowest BCUT2D eigenvalue weighted by Crippen LogP contribution is -2.33. The Morgan fingerprint density at radius 2 is 1.70 bits per heavy atom. The lowest BCUT2D eigenvalue weighted by molar-refractivity contribution is 0.0938. The molecular weight excluding hydrogens is 388 g/mol. The second-order valence-electron chi connectivity index (χ2n) is 7.84. The maximum atomic E-state index is 12.9. The summed E-state index contributed by atoms with van der Waals surface area (Å²) in [6.07, 6.45) is 1.89. The number of benzene rings is 3. The van der Waals surface area contributed by atoms with Crippen LogP contribution in [0.3, 0.4) is 0 Å². The van der Waals surface area contributed by atoms with Crippen molar-refractivity contribution in [3.63, 3.8) is 0 Å². The van der Waals surface area contributed by atoms with E-state index in [-0.39, 0.29) is 11.9 Å². The van der Waals surface area contributed by atoms with E-state index in [4.69, 9.17) is 0 Å². The largest absolute Gasteiger partial charge is 0.365 e. The molecule has 0 saturated carbocycles. The highest BCUT2D eigenvalue weighted by Crippen LogP contribution is 2.36. The lowest BCUT2D eigenvalue weighted by Gasteiger charge is -2.31. The lowest BCUT2D eigenvalue weighted by atomic mass is 10.1. The van der Waals surface area contributed by atoms with Crippen LogP contribution in [0, 0.1) is 0 Å². The average Bonchev–Trinajstić information content (AvgIpc) is 2.79. The van der Waals surface area contributed by atoms with Crippen LogP contribution in [0.1, 0.15) is 34.8 Å². The summed E-state index contributed by atoms with van der Waals surface area (Å²) in [5.74, 6) is 1.08. The molecule has 1 unspecified atom stereocenters. The van der Waals surface area contributed by atoms with Crippen molar-refractivity contribution in [2.45, 2.75) is 37.2 Å². The first-order valence-electron chi connectivity index (χ1n) is 10.6. The molecule has 154 valence electrons. The molecule has 1 amide bonds. The highest BCUT2D eigenvalue weighted by Gasteiger charge is 2.20. The Kier molecular flexibility index (Phi) is 6.75. The summed E-state index contributed by atoms with van der Waals surface area (Å²) >= 11 is 1.87. The van der Waals surface area contributed by atoms with Crippen LogP contribution in [0.25, 0.3) is 0 Å². The van der Waals surface area contributed by atoms with E-state index >= 15 is 0 Å². The predicted octanol–water partition coefficient (Wildman–Crippen LogP) is 5.55. The standard InChI is InChI=1S/C26H28N2OS/c1-20(12-13-21-8-4-2-5-9-21)27-26(29)23-14-15-25-24(18-23)28(16-17-30-25)19-22-10-6-3-7-11-22/h2-11,14-15,18,20H,12-13,16-17,19H2,1H3,(H,27,29). The van der Waals surface area contributed by atoms with Gasteiger partial charge in [0.05, 0.1) is 5.69 Å². The summed E-state index contributed by atoms with van der Waals surface area (Å²) in [4.78, 5) is 16.5. The van der Waals surface area contributed by atoms with Crippen molar-refractivity contribution in [1.29, 1.82) is 0 Å². The molecule has 3 aromatic rings. The summed E-state index contributed by atoms with van der Waals surface area (Å²) in [6.45, 7) is 3.94. The third-order valence-corrected chi connectivity index (χ3v) is 6.53. The van der Waals surface area contributed by atoms with Crippen LogP contribution in [0.15, 0.2) is 83.8 Å². The molecule has 0 saturated heterocycles. The van der Waals surface area contributed by atoms with Crippen molar-refractivity contribution in [3.8, 4) is 0 Å². The molecule has 3 aromatic carbocycles. The van der Waals surface area contributed by atoms with E-state index in [1.54, 1.807) is 0 Å². The maximum Gasteiger partial charge on any atom is 0.251 e. The molecule has 0 aromatic heterocycles. The van der Waals surface area contributed by atoms with Gasteiger partial charge in [0.25, 0.3) is 5.91 Å². The Balaban J connectivity index is 1.42. The van der Waals surface area contributed by atoms with Gasteiger partial charge in [-0.3, -0.25) is 4.79 Å². The Morgan fingerprint density at radius 3 is 2.43 bits per heavy atom. The average molecular weight is 417 g/mol. The van der Waals surface area contributed by atoms with Crippen molar-refractivity contribution in [1.82, 2.24) is 5.32 Å².